The van der Waals surface area contributed by atoms with Crippen molar-refractivity contribution < 1.29 is 27.4 Å². The average molecular weight is 413 g/mol. The molecule has 0 atom stereocenters. The Kier molecular flexibility index (Phi) is 8.26. The van der Waals surface area contributed by atoms with Crippen LogP contribution in [0.1, 0.15) is 23.6 Å². The Hall–Kier alpha value is -2.81. The zero-order chi connectivity index (χ0) is 21.3. The third-order valence-corrected chi connectivity index (χ3v) is 3.79. The van der Waals surface area contributed by atoms with Crippen LogP contribution in [-0.2, 0) is 24.4 Å². The van der Waals surface area contributed by atoms with Gasteiger partial charge in [0, 0.05) is 13.1 Å². The topological polar surface area (TPSA) is 65.9 Å². The van der Waals surface area contributed by atoms with E-state index in [9.17, 15) is 22.7 Å². The van der Waals surface area contributed by atoms with Crippen LogP contribution in [-0.4, -0.2) is 30.4 Å². The maximum atomic E-state index is 13.4. The molecule has 2 rings (SSSR count). The summed E-state index contributed by atoms with van der Waals surface area (Å²) < 4.78 is 54.3. The fourth-order valence-corrected chi connectivity index (χ4v) is 2.38. The number of halogens is 4. The van der Waals surface area contributed by atoms with Crippen molar-refractivity contribution in [2.75, 3.05) is 13.2 Å². The van der Waals surface area contributed by atoms with E-state index in [0.717, 1.165) is 5.56 Å². The van der Waals surface area contributed by atoms with Crippen LogP contribution in [0.5, 0.6) is 5.75 Å². The second kappa shape index (κ2) is 10.7. The van der Waals surface area contributed by atoms with E-state index in [4.69, 9.17) is 0 Å². The Labute approximate surface area is 166 Å². The average Bonchev–Trinajstić information content (AvgIpc) is 2.67. The lowest BCUT2D eigenvalue weighted by Crippen LogP contribution is -2.36. The fourth-order valence-electron chi connectivity index (χ4n) is 2.38. The maximum Gasteiger partial charge on any atom is 0.411 e. The van der Waals surface area contributed by atoms with E-state index < -0.39 is 24.3 Å². The lowest BCUT2D eigenvalue weighted by molar-refractivity contribution is -0.176. The van der Waals surface area contributed by atoms with Gasteiger partial charge in [0.25, 0.3) is 0 Å². The first-order valence-corrected chi connectivity index (χ1v) is 8.98. The van der Waals surface area contributed by atoms with Gasteiger partial charge in [-0.05, 0) is 35.7 Å². The highest BCUT2D eigenvalue weighted by Crippen LogP contribution is 2.17. The molecule has 0 fully saturated rings. The monoisotopic (exact) mass is 413 g/mol. The molecule has 0 aliphatic carbocycles. The highest BCUT2D eigenvalue weighted by atomic mass is 19.4. The molecule has 0 saturated carbocycles. The molecule has 0 radical (unpaired) electrons. The highest BCUT2D eigenvalue weighted by Gasteiger charge is 2.27. The van der Waals surface area contributed by atoms with Gasteiger partial charge in [-0.2, -0.15) is 13.2 Å². The summed E-state index contributed by atoms with van der Waals surface area (Å²) in [5.41, 5.74) is 2.17. The number of nitrogens with zero attached hydrogens (tertiary/aromatic N) is 1. The number of hydrogen-bond acceptors (Lipinski definition) is 3. The van der Waals surface area contributed by atoms with Gasteiger partial charge in [0.2, 0.25) is 0 Å². The summed E-state index contributed by atoms with van der Waals surface area (Å²) in [4.78, 5) is 4.37. The molecule has 0 saturated heterocycles. The van der Waals surface area contributed by atoms with Crippen LogP contribution in [0.4, 0.5) is 17.6 Å². The minimum absolute atomic E-state index is 0.111. The molecule has 5 nitrogen and oxygen atoms in total. The van der Waals surface area contributed by atoms with Gasteiger partial charge in [-0.25, -0.2) is 9.38 Å². The van der Waals surface area contributed by atoms with Gasteiger partial charge >= 0.3 is 6.18 Å². The van der Waals surface area contributed by atoms with E-state index in [1.807, 2.05) is 6.92 Å². The summed E-state index contributed by atoms with van der Waals surface area (Å²) in [7, 11) is 0. The molecule has 0 aliphatic heterocycles. The normalized spacial score (nSPS) is 12.1. The third kappa shape index (κ3) is 8.39. The van der Waals surface area contributed by atoms with Crippen LogP contribution < -0.4 is 10.6 Å². The van der Waals surface area contributed by atoms with Crippen molar-refractivity contribution in [1.82, 2.24) is 10.6 Å². The Morgan fingerprint density at radius 2 is 1.69 bits per heavy atom. The van der Waals surface area contributed by atoms with E-state index >= 15 is 0 Å². The van der Waals surface area contributed by atoms with Gasteiger partial charge in [0.05, 0.1) is 13.2 Å². The Morgan fingerprint density at radius 1 is 1.03 bits per heavy atom. The quantitative estimate of drug-likeness (QED) is 0.349. The molecule has 0 amide bonds. The van der Waals surface area contributed by atoms with Crippen LogP contribution in [0.2, 0.25) is 0 Å². The lowest BCUT2D eigenvalue weighted by atomic mass is 10.1. The molecule has 29 heavy (non-hydrogen) atoms. The number of hydrogen-bond donors (Lipinski definition) is 3. The van der Waals surface area contributed by atoms with Gasteiger partial charge in [-0.1, -0.05) is 30.3 Å². The number of rotatable bonds is 8. The van der Waals surface area contributed by atoms with Crippen LogP contribution in [0.3, 0.4) is 0 Å². The second-order valence-electron chi connectivity index (χ2n) is 6.26. The summed E-state index contributed by atoms with van der Waals surface area (Å²) >= 11 is 0. The van der Waals surface area contributed by atoms with Gasteiger partial charge in [-0.15, -0.1) is 0 Å². The molecule has 2 aromatic rings. The van der Waals surface area contributed by atoms with Crippen LogP contribution >= 0.6 is 0 Å². The van der Waals surface area contributed by atoms with Crippen molar-refractivity contribution in [2.45, 2.75) is 32.8 Å². The molecule has 9 heteroatoms. The van der Waals surface area contributed by atoms with Crippen LogP contribution in [0.25, 0.3) is 0 Å². The second-order valence-corrected chi connectivity index (χ2v) is 6.26. The van der Waals surface area contributed by atoms with Crippen molar-refractivity contribution in [3.8, 4) is 5.75 Å². The third-order valence-electron chi connectivity index (χ3n) is 3.79. The number of phenols is 1. The molecule has 2 aromatic carbocycles. The van der Waals surface area contributed by atoms with Gasteiger partial charge in [0.15, 0.2) is 17.5 Å². The number of aromatic hydroxyl groups is 1. The zero-order valence-electron chi connectivity index (χ0n) is 15.9. The predicted octanol–water partition coefficient (Wildman–Crippen LogP) is 3.87. The van der Waals surface area contributed by atoms with Crippen molar-refractivity contribution in [3.05, 3.63) is 65.0 Å². The molecular formula is C20H23F4N3O2. The van der Waals surface area contributed by atoms with E-state index in [2.05, 4.69) is 20.4 Å². The Bertz CT molecular complexity index is 808. The summed E-state index contributed by atoms with van der Waals surface area (Å²) in [5.74, 6) is -0.580. The minimum Gasteiger partial charge on any atom is -0.505 e. The first-order chi connectivity index (χ1) is 13.8. The van der Waals surface area contributed by atoms with Crippen LogP contribution in [0.15, 0.2) is 47.5 Å². The fraction of sp³-hybridized carbons (Fsp3) is 0.350. The number of guanidine groups is 1. The van der Waals surface area contributed by atoms with E-state index in [1.54, 1.807) is 30.3 Å². The minimum atomic E-state index is -4.34. The van der Waals surface area contributed by atoms with Gasteiger partial charge < -0.3 is 20.5 Å². The highest BCUT2D eigenvalue weighted by molar-refractivity contribution is 5.79. The SMILES string of the molecule is CCNC(=NCc1ccc(O)c(F)c1)NCc1ccc(COCC(F)(F)F)cc1. The number of nitrogens with one attached hydrogen (secondary N) is 2. The molecule has 0 aliphatic rings. The molecule has 0 spiro atoms. The largest absolute Gasteiger partial charge is 0.505 e. The molecule has 0 aromatic heterocycles. The zero-order valence-corrected chi connectivity index (χ0v) is 15.9. The first kappa shape index (κ1) is 22.5. The number of benzene rings is 2. The number of phenolic OH excluding ortho intramolecular Hbond substituents is 1. The van der Waals surface area contributed by atoms with Gasteiger partial charge in [-0.3, -0.25) is 0 Å². The van der Waals surface area contributed by atoms with Crippen LogP contribution in [0, 0.1) is 5.82 Å². The summed E-state index contributed by atoms with van der Waals surface area (Å²) in [6, 6.07) is 11.1. The Morgan fingerprint density at radius 3 is 2.31 bits per heavy atom. The maximum absolute atomic E-state index is 13.4. The number of aliphatic imine (C=N–C) groups is 1. The van der Waals surface area contributed by atoms with Crippen molar-refractivity contribution in [1.29, 1.82) is 0 Å². The van der Waals surface area contributed by atoms with Crippen molar-refractivity contribution in [2.24, 2.45) is 4.99 Å². The van der Waals surface area contributed by atoms with Crippen molar-refractivity contribution >= 4 is 5.96 Å². The summed E-state index contributed by atoms with van der Waals surface area (Å²) in [6.45, 7) is 1.82. The van der Waals surface area contributed by atoms with Gasteiger partial charge in [0.1, 0.15) is 6.61 Å². The molecular weight excluding hydrogens is 390 g/mol. The van der Waals surface area contributed by atoms with E-state index in [0.29, 0.717) is 30.2 Å². The smallest absolute Gasteiger partial charge is 0.411 e. The Balaban J connectivity index is 1.88. The first-order valence-electron chi connectivity index (χ1n) is 8.98. The van der Waals surface area contributed by atoms with E-state index in [-0.39, 0.29) is 13.2 Å². The standard InChI is InChI=1S/C20H23F4N3O2/c1-2-25-19(27-11-16-7-8-18(28)17(21)9-16)26-10-14-3-5-15(6-4-14)12-29-13-20(22,23)24/h3-9,28H,2,10-13H2,1H3,(H2,25,26,27). The number of alkyl halides is 3. The predicted molar refractivity (Wildman–Crippen MR) is 102 cm³/mol. The lowest BCUT2D eigenvalue weighted by Gasteiger charge is -2.12. The van der Waals surface area contributed by atoms with E-state index in [1.165, 1.54) is 12.1 Å². The molecule has 158 valence electrons. The number of ether oxygens (including phenoxy) is 1. The summed E-state index contributed by atoms with van der Waals surface area (Å²) in [5, 5.41) is 15.4. The molecule has 0 heterocycles. The summed E-state index contributed by atoms with van der Waals surface area (Å²) in [6.07, 6.45) is -4.34. The molecule has 0 unspecified atom stereocenters. The molecule has 0 bridgehead atoms. The molecule has 3 N–H and O–H groups in total. The van der Waals surface area contributed by atoms with Crippen molar-refractivity contribution in [3.63, 3.8) is 0 Å².